The van der Waals surface area contributed by atoms with Crippen molar-refractivity contribution < 1.29 is 0 Å². The molecule has 0 unspecified atom stereocenters. The standard InChI is InChI=1S/C9H11N3OS/c1-3-6-5-8(13)12-9(10-6)14-7(4-2)11-12/h5H,3-4H2,1-2H3. The van der Waals surface area contributed by atoms with E-state index in [9.17, 15) is 4.79 Å². The molecule has 0 saturated heterocycles. The third kappa shape index (κ3) is 1.43. The number of rotatable bonds is 2. The van der Waals surface area contributed by atoms with E-state index in [2.05, 4.69) is 10.1 Å². The molecular weight excluding hydrogens is 198 g/mol. The van der Waals surface area contributed by atoms with Gasteiger partial charge in [-0.05, 0) is 12.8 Å². The molecule has 0 bridgehead atoms. The maximum absolute atomic E-state index is 11.6. The van der Waals surface area contributed by atoms with Gasteiger partial charge in [-0.2, -0.15) is 9.61 Å². The topological polar surface area (TPSA) is 47.3 Å². The molecular formula is C9H11N3OS. The van der Waals surface area contributed by atoms with Crippen molar-refractivity contribution in [1.29, 1.82) is 0 Å². The molecule has 0 fully saturated rings. The van der Waals surface area contributed by atoms with Crippen LogP contribution in [0.15, 0.2) is 10.9 Å². The van der Waals surface area contributed by atoms with Gasteiger partial charge < -0.3 is 0 Å². The van der Waals surface area contributed by atoms with Crippen LogP contribution in [0, 0.1) is 0 Å². The largest absolute Gasteiger partial charge is 0.275 e. The number of aromatic nitrogens is 3. The van der Waals surface area contributed by atoms with Crippen LogP contribution < -0.4 is 5.56 Å². The van der Waals surface area contributed by atoms with Crippen LogP contribution in [0.1, 0.15) is 24.5 Å². The molecule has 2 aromatic heterocycles. The van der Waals surface area contributed by atoms with E-state index in [0.29, 0.717) is 4.96 Å². The van der Waals surface area contributed by atoms with Crippen molar-refractivity contribution in [2.75, 3.05) is 0 Å². The van der Waals surface area contributed by atoms with E-state index in [-0.39, 0.29) is 5.56 Å². The smallest absolute Gasteiger partial charge is 0.267 e. The summed E-state index contributed by atoms with van der Waals surface area (Å²) < 4.78 is 1.38. The molecule has 0 amide bonds. The summed E-state index contributed by atoms with van der Waals surface area (Å²) in [7, 11) is 0. The van der Waals surface area contributed by atoms with Crippen molar-refractivity contribution >= 4 is 16.3 Å². The van der Waals surface area contributed by atoms with E-state index in [1.165, 1.54) is 15.9 Å². The van der Waals surface area contributed by atoms with Gasteiger partial charge in [0.2, 0.25) is 4.96 Å². The molecule has 0 spiro atoms. The number of hydrogen-bond acceptors (Lipinski definition) is 4. The van der Waals surface area contributed by atoms with Gasteiger partial charge in [-0.25, -0.2) is 4.98 Å². The zero-order valence-corrected chi connectivity index (χ0v) is 8.97. The molecule has 2 rings (SSSR count). The zero-order valence-electron chi connectivity index (χ0n) is 8.15. The van der Waals surface area contributed by atoms with Gasteiger partial charge in [0.05, 0.1) is 0 Å². The Kier molecular flexibility index (Phi) is 2.33. The molecule has 0 aliphatic heterocycles. The molecule has 0 atom stereocenters. The van der Waals surface area contributed by atoms with Crippen LogP contribution in [0.25, 0.3) is 4.96 Å². The van der Waals surface area contributed by atoms with Gasteiger partial charge in [0.15, 0.2) is 0 Å². The lowest BCUT2D eigenvalue weighted by atomic mass is 10.3. The van der Waals surface area contributed by atoms with E-state index >= 15 is 0 Å². The zero-order chi connectivity index (χ0) is 10.1. The third-order valence-corrected chi connectivity index (χ3v) is 3.06. The van der Waals surface area contributed by atoms with Crippen LogP contribution in [0.3, 0.4) is 0 Å². The Morgan fingerprint density at radius 1 is 1.43 bits per heavy atom. The molecule has 0 N–H and O–H groups in total. The fraction of sp³-hybridized carbons (Fsp3) is 0.444. The highest BCUT2D eigenvalue weighted by atomic mass is 32.1. The molecule has 5 heteroatoms. The summed E-state index contributed by atoms with van der Waals surface area (Å²) in [6.07, 6.45) is 1.63. The number of fused-ring (bicyclic) bond motifs is 1. The SMILES string of the molecule is CCc1cc(=O)n2nc(CC)sc2n1. The maximum Gasteiger partial charge on any atom is 0.275 e. The summed E-state index contributed by atoms with van der Waals surface area (Å²) >= 11 is 1.48. The van der Waals surface area contributed by atoms with E-state index in [1.54, 1.807) is 6.07 Å². The Morgan fingerprint density at radius 3 is 2.86 bits per heavy atom. The van der Waals surface area contributed by atoms with Crippen LogP contribution >= 0.6 is 11.3 Å². The first-order chi connectivity index (χ1) is 6.74. The normalized spacial score (nSPS) is 11.0. The van der Waals surface area contributed by atoms with Crippen molar-refractivity contribution in [3.8, 4) is 0 Å². The number of hydrogen-bond donors (Lipinski definition) is 0. The second kappa shape index (κ2) is 3.49. The van der Waals surface area contributed by atoms with E-state index in [0.717, 1.165) is 23.5 Å². The number of nitrogens with zero attached hydrogens (tertiary/aromatic N) is 3. The fourth-order valence-electron chi connectivity index (χ4n) is 1.22. The first-order valence-electron chi connectivity index (χ1n) is 4.63. The average molecular weight is 209 g/mol. The highest BCUT2D eigenvalue weighted by Gasteiger charge is 2.06. The van der Waals surface area contributed by atoms with Crippen molar-refractivity contribution in [1.82, 2.24) is 14.6 Å². The molecule has 0 saturated carbocycles. The summed E-state index contributed by atoms with van der Waals surface area (Å²) in [5.74, 6) is 0. The second-order valence-electron chi connectivity index (χ2n) is 2.98. The first-order valence-corrected chi connectivity index (χ1v) is 5.45. The van der Waals surface area contributed by atoms with Crippen LogP contribution in [0.5, 0.6) is 0 Å². The highest BCUT2D eigenvalue weighted by Crippen LogP contribution is 2.11. The monoisotopic (exact) mass is 209 g/mol. The molecule has 2 heterocycles. The van der Waals surface area contributed by atoms with Gasteiger partial charge in [-0.3, -0.25) is 4.79 Å². The second-order valence-corrected chi connectivity index (χ2v) is 4.02. The third-order valence-electron chi connectivity index (χ3n) is 2.00. The van der Waals surface area contributed by atoms with Gasteiger partial charge >= 0.3 is 0 Å². The number of aryl methyl sites for hydroxylation is 2. The predicted molar refractivity (Wildman–Crippen MR) is 55.9 cm³/mol. The first kappa shape index (κ1) is 9.33. The Hall–Kier alpha value is -1.23. The minimum Gasteiger partial charge on any atom is -0.267 e. The van der Waals surface area contributed by atoms with Crippen LogP contribution in [-0.4, -0.2) is 14.6 Å². The highest BCUT2D eigenvalue weighted by molar-refractivity contribution is 7.16. The lowest BCUT2D eigenvalue weighted by molar-refractivity contribution is 0.845. The minimum atomic E-state index is -0.0807. The molecule has 0 aliphatic carbocycles. The van der Waals surface area contributed by atoms with Gasteiger partial charge in [0.25, 0.3) is 5.56 Å². The molecule has 0 aromatic carbocycles. The fourth-order valence-corrected chi connectivity index (χ4v) is 2.08. The Bertz CT molecular complexity index is 514. The molecule has 4 nitrogen and oxygen atoms in total. The maximum atomic E-state index is 11.6. The van der Waals surface area contributed by atoms with Crippen LogP contribution in [0.2, 0.25) is 0 Å². The summed E-state index contributed by atoms with van der Waals surface area (Å²) in [5.41, 5.74) is 0.754. The van der Waals surface area contributed by atoms with Crippen molar-refractivity contribution in [2.45, 2.75) is 26.7 Å². The van der Waals surface area contributed by atoms with Crippen LogP contribution in [0.4, 0.5) is 0 Å². The van der Waals surface area contributed by atoms with Gasteiger partial charge in [0.1, 0.15) is 5.01 Å². The minimum absolute atomic E-state index is 0.0807. The van der Waals surface area contributed by atoms with Crippen molar-refractivity contribution in [3.63, 3.8) is 0 Å². The summed E-state index contributed by atoms with van der Waals surface area (Å²) in [4.78, 5) is 16.6. The average Bonchev–Trinajstić information content (AvgIpc) is 2.61. The van der Waals surface area contributed by atoms with E-state index < -0.39 is 0 Å². The summed E-state index contributed by atoms with van der Waals surface area (Å²) in [5, 5.41) is 5.11. The van der Waals surface area contributed by atoms with Gasteiger partial charge in [-0.15, -0.1) is 0 Å². The van der Waals surface area contributed by atoms with Crippen molar-refractivity contribution in [2.24, 2.45) is 0 Å². The molecule has 14 heavy (non-hydrogen) atoms. The lowest BCUT2D eigenvalue weighted by Crippen LogP contribution is -2.15. The lowest BCUT2D eigenvalue weighted by Gasteiger charge is -1.93. The molecule has 74 valence electrons. The van der Waals surface area contributed by atoms with Crippen LogP contribution in [-0.2, 0) is 12.8 Å². The molecule has 0 radical (unpaired) electrons. The van der Waals surface area contributed by atoms with E-state index in [4.69, 9.17) is 0 Å². The Labute approximate surface area is 85.2 Å². The molecule has 0 aliphatic rings. The summed E-state index contributed by atoms with van der Waals surface area (Å²) in [6, 6.07) is 1.55. The van der Waals surface area contributed by atoms with Crippen molar-refractivity contribution in [3.05, 3.63) is 27.1 Å². The Balaban J connectivity index is 2.73. The Morgan fingerprint density at radius 2 is 2.21 bits per heavy atom. The predicted octanol–water partition coefficient (Wildman–Crippen LogP) is 1.28. The van der Waals surface area contributed by atoms with Gasteiger partial charge in [0, 0.05) is 11.8 Å². The quantitative estimate of drug-likeness (QED) is 0.748. The molecule has 2 aromatic rings. The van der Waals surface area contributed by atoms with E-state index in [1.807, 2.05) is 13.8 Å². The summed E-state index contributed by atoms with van der Waals surface area (Å²) in [6.45, 7) is 4.00. The van der Waals surface area contributed by atoms with Gasteiger partial charge in [-0.1, -0.05) is 25.2 Å².